The molecule has 1 unspecified atom stereocenters. The number of nitrogens with one attached hydrogen (secondary N) is 1. The highest BCUT2D eigenvalue weighted by Crippen LogP contribution is 2.12. The van der Waals surface area contributed by atoms with E-state index >= 15 is 0 Å². The highest BCUT2D eigenvalue weighted by atomic mass is 16.6. The van der Waals surface area contributed by atoms with Crippen molar-refractivity contribution < 1.29 is 23.8 Å². The highest BCUT2D eigenvalue weighted by Gasteiger charge is 2.19. The Morgan fingerprint density at radius 1 is 0.938 bits per heavy atom. The smallest absolute Gasteiger partial charge is 0.335 e. The van der Waals surface area contributed by atoms with Crippen LogP contribution in [-0.4, -0.2) is 50.4 Å². The van der Waals surface area contributed by atoms with E-state index in [-0.39, 0.29) is 17.5 Å². The summed E-state index contributed by atoms with van der Waals surface area (Å²) in [5, 5.41) is 3.50. The van der Waals surface area contributed by atoms with Crippen LogP contribution in [0.4, 0.5) is 0 Å². The lowest BCUT2D eigenvalue weighted by atomic mass is 10.0. The molecule has 0 aliphatic rings. The maximum Gasteiger partial charge on any atom is 0.335 e. The van der Waals surface area contributed by atoms with Crippen molar-refractivity contribution in [1.29, 1.82) is 0 Å². The number of ether oxygens (including phenoxy) is 3. The summed E-state index contributed by atoms with van der Waals surface area (Å²) in [4.78, 5) is 23.4. The van der Waals surface area contributed by atoms with Gasteiger partial charge in [0.05, 0.1) is 7.11 Å². The summed E-state index contributed by atoms with van der Waals surface area (Å²) in [6.45, 7) is 10.0. The average Bonchev–Trinajstić information content (AvgIpc) is 2.74. The van der Waals surface area contributed by atoms with Gasteiger partial charge in [-0.15, -0.1) is 0 Å². The molecule has 0 spiro atoms. The van der Waals surface area contributed by atoms with Gasteiger partial charge in [-0.05, 0) is 71.2 Å². The average molecular weight is 450 g/mol. The third-order valence-electron chi connectivity index (χ3n) is 5.02. The van der Waals surface area contributed by atoms with Crippen molar-refractivity contribution in [1.82, 2.24) is 5.32 Å². The lowest BCUT2D eigenvalue weighted by Gasteiger charge is -2.19. The van der Waals surface area contributed by atoms with Crippen LogP contribution in [0.2, 0.25) is 0 Å². The van der Waals surface area contributed by atoms with Crippen molar-refractivity contribution in [3.63, 3.8) is 0 Å². The van der Waals surface area contributed by atoms with E-state index in [0.29, 0.717) is 19.4 Å². The largest absolute Gasteiger partial charge is 0.467 e. The van der Waals surface area contributed by atoms with Gasteiger partial charge in [0.25, 0.3) is 0 Å². The first-order chi connectivity index (χ1) is 15.2. The highest BCUT2D eigenvalue weighted by molar-refractivity contribution is 5.75. The maximum atomic E-state index is 11.8. The van der Waals surface area contributed by atoms with Gasteiger partial charge in [0.1, 0.15) is 5.60 Å². The van der Waals surface area contributed by atoms with Gasteiger partial charge >= 0.3 is 11.9 Å². The Kier molecular flexibility index (Phi) is 13.9. The van der Waals surface area contributed by atoms with E-state index in [1.54, 1.807) is 0 Å². The molecular formula is C26H43NO5. The first-order valence-corrected chi connectivity index (χ1v) is 11.9. The zero-order valence-corrected chi connectivity index (χ0v) is 20.7. The molecule has 1 aromatic carbocycles. The van der Waals surface area contributed by atoms with E-state index in [1.807, 2.05) is 27.7 Å². The summed E-state index contributed by atoms with van der Waals surface area (Å²) in [6, 6.07) is 8.34. The van der Waals surface area contributed by atoms with Gasteiger partial charge in [-0.25, -0.2) is 4.79 Å². The molecule has 6 nitrogen and oxygen atoms in total. The Labute approximate surface area is 194 Å². The molecule has 0 amide bonds. The van der Waals surface area contributed by atoms with Crippen molar-refractivity contribution >= 4 is 11.9 Å². The molecule has 0 aliphatic carbocycles. The summed E-state index contributed by atoms with van der Waals surface area (Å²) >= 11 is 0. The standard InChI is InChI=1S/C26H43NO5/c1-6-31-23(25(29)30-5)20-22-15-13-21(14-16-22)17-19-27-18-11-9-7-8-10-12-24(28)32-26(2,3)4/h13-16,23,27H,6-12,17-20H2,1-5H3. The molecule has 0 heterocycles. The van der Waals surface area contributed by atoms with E-state index in [2.05, 4.69) is 29.6 Å². The first-order valence-electron chi connectivity index (χ1n) is 11.9. The fourth-order valence-electron chi connectivity index (χ4n) is 3.40. The maximum absolute atomic E-state index is 11.8. The topological polar surface area (TPSA) is 73.9 Å². The predicted molar refractivity (Wildman–Crippen MR) is 128 cm³/mol. The van der Waals surface area contributed by atoms with Crippen LogP contribution in [0.15, 0.2) is 24.3 Å². The monoisotopic (exact) mass is 449 g/mol. The van der Waals surface area contributed by atoms with Crippen molar-refractivity contribution in [3.8, 4) is 0 Å². The molecule has 1 aromatic rings. The Bertz CT molecular complexity index is 651. The molecule has 0 fully saturated rings. The summed E-state index contributed by atoms with van der Waals surface area (Å²) in [6.07, 6.45) is 6.93. The number of hydrogen-bond acceptors (Lipinski definition) is 6. The molecule has 0 aromatic heterocycles. The van der Waals surface area contributed by atoms with E-state index in [0.717, 1.165) is 50.8 Å². The third-order valence-corrected chi connectivity index (χ3v) is 5.02. The summed E-state index contributed by atoms with van der Waals surface area (Å²) in [5.74, 6) is -0.423. The first kappa shape index (κ1) is 28.1. The van der Waals surface area contributed by atoms with E-state index in [9.17, 15) is 9.59 Å². The molecule has 0 saturated heterocycles. The minimum absolute atomic E-state index is 0.0928. The lowest BCUT2D eigenvalue weighted by Crippen LogP contribution is -2.28. The van der Waals surface area contributed by atoms with Crippen molar-refractivity contribution in [3.05, 3.63) is 35.4 Å². The number of carbonyl (C=O) groups is 2. The number of benzene rings is 1. The Balaban J connectivity index is 2.10. The third kappa shape index (κ3) is 13.5. The van der Waals surface area contributed by atoms with E-state index in [4.69, 9.17) is 14.2 Å². The Morgan fingerprint density at radius 3 is 2.19 bits per heavy atom. The molecule has 1 N–H and O–H groups in total. The lowest BCUT2D eigenvalue weighted by molar-refractivity contribution is -0.155. The minimum Gasteiger partial charge on any atom is -0.467 e. The molecule has 32 heavy (non-hydrogen) atoms. The van der Waals surface area contributed by atoms with Crippen LogP contribution in [0.5, 0.6) is 0 Å². The second-order valence-electron chi connectivity index (χ2n) is 9.09. The summed E-state index contributed by atoms with van der Waals surface area (Å²) in [5.41, 5.74) is 1.95. The van der Waals surface area contributed by atoms with Gasteiger partial charge in [-0.3, -0.25) is 4.79 Å². The van der Waals surface area contributed by atoms with Gasteiger partial charge in [0.2, 0.25) is 0 Å². The van der Waals surface area contributed by atoms with Crippen LogP contribution < -0.4 is 5.32 Å². The van der Waals surface area contributed by atoms with Crippen LogP contribution >= 0.6 is 0 Å². The van der Waals surface area contributed by atoms with Gasteiger partial charge in [-0.1, -0.05) is 43.5 Å². The molecule has 0 radical (unpaired) electrons. The van der Waals surface area contributed by atoms with Crippen LogP contribution in [0, 0.1) is 0 Å². The zero-order valence-electron chi connectivity index (χ0n) is 20.7. The molecule has 182 valence electrons. The molecule has 0 aliphatic heterocycles. The predicted octanol–water partition coefficient (Wildman–Crippen LogP) is 4.62. The van der Waals surface area contributed by atoms with E-state index in [1.165, 1.54) is 19.1 Å². The van der Waals surface area contributed by atoms with Crippen LogP contribution in [0.3, 0.4) is 0 Å². The SMILES string of the molecule is CCOC(Cc1ccc(CCNCCCCCCCC(=O)OC(C)(C)C)cc1)C(=O)OC. The number of methoxy groups -OCH3 is 1. The fraction of sp³-hybridized carbons (Fsp3) is 0.692. The molecular weight excluding hydrogens is 406 g/mol. The number of hydrogen-bond donors (Lipinski definition) is 1. The normalized spacial score (nSPS) is 12.4. The van der Waals surface area contributed by atoms with Crippen LogP contribution in [-0.2, 0) is 36.6 Å². The van der Waals surface area contributed by atoms with Crippen molar-refractivity contribution in [2.24, 2.45) is 0 Å². The summed E-state index contributed by atoms with van der Waals surface area (Å²) < 4.78 is 15.6. The van der Waals surface area contributed by atoms with Gasteiger partial charge in [-0.2, -0.15) is 0 Å². The van der Waals surface area contributed by atoms with Crippen molar-refractivity contribution in [2.45, 2.75) is 90.8 Å². The van der Waals surface area contributed by atoms with Gasteiger partial charge in [0.15, 0.2) is 6.10 Å². The number of rotatable bonds is 16. The minimum atomic E-state index is -0.546. The van der Waals surface area contributed by atoms with Gasteiger partial charge in [0, 0.05) is 19.4 Å². The molecule has 0 bridgehead atoms. The molecule has 0 saturated carbocycles. The number of unbranched alkanes of at least 4 members (excludes halogenated alkanes) is 4. The second kappa shape index (κ2) is 15.8. The molecule has 1 rings (SSSR count). The van der Waals surface area contributed by atoms with Crippen LogP contribution in [0.1, 0.15) is 77.3 Å². The number of carbonyl (C=O) groups excluding carboxylic acids is 2. The fourth-order valence-corrected chi connectivity index (χ4v) is 3.40. The van der Waals surface area contributed by atoms with Crippen LogP contribution in [0.25, 0.3) is 0 Å². The molecule has 1 atom stereocenters. The van der Waals surface area contributed by atoms with Gasteiger partial charge < -0.3 is 19.5 Å². The Morgan fingerprint density at radius 2 is 1.56 bits per heavy atom. The van der Waals surface area contributed by atoms with E-state index < -0.39 is 6.10 Å². The molecule has 6 heteroatoms. The second-order valence-corrected chi connectivity index (χ2v) is 9.09. The Hall–Kier alpha value is -1.92. The number of esters is 2. The summed E-state index contributed by atoms with van der Waals surface area (Å²) in [7, 11) is 1.39. The zero-order chi connectivity index (χ0) is 23.8. The van der Waals surface area contributed by atoms with Crippen molar-refractivity contribution in [2.75, 3.05) is 26.8 Å². The quantitative estimate of drug-likeness (QED) is 0.293.